The van der Waals surface area contributed by atoms with Crippen LogP contribution in [0.25, 0.3) is 11.0 Å². The van der Waals surface area contributed by atoms with Crippen molar-refractivity contribution >= 4 is 22.6 Å². The zero-order chi connectivity index (χ0) is 19.7. The minimum absolute atomic E-state index is 0.0105. The molecule has 0 amide bonds. The summed E-state index contributed by atoms with van der Waals surface area (Å²) < 4.78 is 7.90. The summed E-state index contributed by atoms with van der Waals surface area (Å²) in [6.45, 7) is 7.20. The van der Waals surface area contributed by atoms with Crippen LogP contribution >= 0.6 is 11.6 Å². The second-order valence-electron chi connectivity index (χ2n) is 8.49. The van der Waals surface area contributed by atoms with Crippen LogP contribution in [-0.2, 0) is 4.74 Å². The number of aromatic amines is 1. The van der Waals surface area contributed by atoms with Crippen molar-refractivity contribution in [1.82, 2.24) is 14.5 Å². The predicted molar refractivity (Wildman–Crippen MR) is 114 cm³/mol. The molecule has 0 unspecified atom stereocenters. The van der Waals surface area contributed by atoms with Crippen LogP contribution < -0.4 is 5.69 Å². The highest BCUT2D eigenvalue weighted by Gasteiger charge is 2.30. The highest BCUT2D eigenvalue weighted by molar-refractivity contribution is 6.32. The lowest BCUT2D eigenvalue weighted by atomic mass is 9.90. The van der Waals surface area contributed by atoms with Gasteiger partial charge in [0.1, 0.15) is 0 Å². The van der Waals surface area contributed by atoms with E-state index in [1.807, 2.05) is 23.6 Å². The minimum atomic E-state index is -0.0105. The van der Waals surface area contributed by atoms with Crippen molar-refractivity contribution in [3.63, 3.8) is 0 Å². The molecule has 1 saturated carbocycles. The van der Waals surface area contributed by atoms with E-state index in [1.54, 1.807) is 0 Å². The Morgan fingerprint density at radius 2 is 1.82 bits per heavy atom. The van der Waals surface area contributed by atoms with Gasteiger partial charge in [-0.25, -0.2) is 4.79 Å². The molecule has 154 valence electrons. The average molecular weight is 406 g/mol. The number of hydrogen-bond acceptors (Lipinski definition) is 3. The van der Waals surface area contributed by atoms with E-state index < -0.39 is 0 Å². The number of benzene rings is 1. The molecule has 2 heterocycles. The summed E-state index contributed by atoms with van der Waals surface area (Å²) in [5, 5.41) is 0.703. The van der Waals surface area contributed by atoms with Crippen LogP contribution in [0.3, 0.4) is 0 Å². The van der Waals surface area contributed by atoms with E-state index in [0.29, 0.717) is 17.2 Å². The highest BCUT2D eigenvalue weighted by Crippen LogP contribution is 2.31. The van der Waals surface area contributed by atoms with Crippen molar-refractivity contribution in [2.75, 3.05) is 19.7 Å². The largest absolute Gasteiger partial charge is 0.378 e. The molecule has 1 aliphatic heterocycles. The van der Waals surface area contributed by atoms with Crippen molar-refractivity contribution < 1.29 is 4.74 Å². The molecule has 0 spiro atoms. The van der Waals surface area contributed by atoms with E-state index in [0.717, 1.165) is 55.6 Å². The van der Waals surface area contributed by atoms with E-state index in [-0.39, 0.29) is 11.7 Å². The number of imidazole rings is 1. The third kappa shape index (κ3) is 4.03. The second-order valence-corrected chi connectivity index (χ2v) is 8.89. The van der Waals surface area contributed by atoms with Gasteiger partial charge in [-0.1, -0.05) is 18.5 Å². The van der Waals surface area contributed by atoms with Gasteiger partial charge in [0.2, 0.25) is 0 Å². The van der Waals surface area contributed by atoms with Gasteiger partial charge in [0.05, 0.1) is 17.1 Å². The van der Waals surface area contributed by atoms with Gasteiger partial charge >= 0.3 is 5.69 Å². The van der Waals surface area contributed by atoms with E-state index in [1.165, 1.54) is 25.7 Å². The van der Waals surface area contributed by atoms with Crippen LogP contribution in [0.5, 0.6) is 0 Å². The maximum atomic E-state index is 12.6. The van der Waals surface area contributed by atoms with Crippen LogP contribution in [0.1, 0.15) is 63.5 Å². The van der Waals surface area contributed by atoms with E-state index >= 15 is 0 Å². The monoisotopic (exact) mass is 405 g/mol. The third-order valence-electron chi connectivity index (χ3n) is 6.58. The molecule has 1 aromatic heterocycles. The summed E-state index contributed by atoms with van der Waals surface area (Å²) in [5.41, 5.74) is 2.83. The Morgan fingerprint density at radius 3 is 2.50 bits per heavy atom. The maximum absolute atomic E-state index is 12.6. The Kier molecular flexibility index (Phi) is 6.14. The average Bonchev–Trinajstić information content (AvgIpc) is 3.02. The number of aryl methyl sites for hydroxylation is 1. The molecule has 1 saturated heterocycles. The molecule has 1 aliphatic carbocycles. The van der Waals surface area contributed by atoms with E-state index in [4.69, 9.17) is 16.3 Å². The molecule has 1 aromatic carbocycles. The summed E-state index contributed by atoms with van der Waals surface area (Å²) in [5.74, 6) is 0. The number of H-pyrrole nitrogens is 1. The predicted octanol–water partition coefficient (Wildman–Crippen LogP) is 4.67. The van der Waals surface area contributed by atoms with Crippen molar-refractivity contribution in [1.29, 1.82) is 0 Å². The summed E-state index contributed by atoms with van der Waals surface area (Å²) >= 11 is 6.23. The van der Waals surface area contributed by atoms with Crippen molar-refractivity contribution in [3.8, 4) is 0 Å². The van der Waals surface area contributed by atoms with Gasteiger partial charge in [-0.05, 0) is 69.6 Å². The molecule has 2 aromatic rings. The quantitative estimate of drug-likeness (QED) is 0.786. The number of hydrogen-bond donors (Lipinski definition) is 1. The number of halogens is 1. The lowest BCUT2D eigenvalue weighted by molar-refractivity contribution is 0.00254. The molecule has 4 rings (SSSR count). The number of rotatable bonds is 5. The standard InChI is InChI=1S/C22H32ClN3O2/c1-3-12-28-18-6-4-16(5-7-18)25-10-8-17(9-11-25)26-21-13-15(2)19(23)14-20(21)24-22(26)27/h13-14,16-18H,3-12H2,1-2H3,(H,24,27). The lowest BCUT2D eigenvalue weighted by Crippen LogP contribution is -2.45. The van der Waals surface area contributed by atoms with Crippen molar-refractivity contribution in [3.05, 3.63) is 33.2 Å². The Hall–Kier alpha value is -1.30. The Morgan fingerprint density at radius 1 is 1.11 bits per heavy atom. The van der Waals surface area contributed by atoms with Crippen LogP contribution in [0.4, 0.5) is 0 Å². The van der Waals surface area contributed by atoms with Gasteiger partial charge < -0.3 is 14.6 Å². The number of piperidine rings is 1. The molecule has 2 aliphatic rings. The van der Waals surface area contributed by atoms with Gasteiger partial charge in [-0.2, -0.15) is 0 Å². The number of fused-ring (bicyclic) bond motifs is 1. The SMILES string of the molecule is CCCOC1CCC(N2CCC(n3c(=O)[nH]c4cc(Cl)c(C)cc43)CC2)CC1. The highest BCUT2D eigenvalue weighted by atomic mass is 35.5. The minimum Gasteiger partial charge on any atom is -0.378 e. The molecule has 0 radical (unpaired) electrons. The molecular weight excluding hydrogens is 374 g/mol. The number of ether oxygens (including phenoxy) is 1. The zero-order valence-electron chi connectivity index (χ0n) is 17.0. The van der Waals surface area contributed by atoms with Gasteiger partial charge in [-0.3, -0.25) is 4.57 Å². The van der Waals surface area contributed by atoms with Gasteiger partial charge in [0.15, 0.2) is 0 Å². The van der Waals surface area contributed by atoms with Crippen LogP contribution in [0, 0.1) is 6.92 Å². The summed E-state index contributed by atoms with van der Waals surface area (Å²) in [4.78, 5) is 18.2. The van der Waals surface area contributed by atoms with Crippen molar-refractivity contribution in [2.45, 2.75) is 77.0 Å². The first kappa shape index (κ1) is 20.0. The topological polar surface area (TPSA) is 50.3 Å². The first-order valence-electron chi connectivity index (χ1n) is 10.8. The van der Waals surface area contributed by atoms with Gasteiger partial charge in [0.25, 0.3) is 0 Å². The first-order valence-corrected chi connectivity index (χ1v) is 11.2. The zero-order valence-corrected chi connectivity index (χ0v) is 17.8. The molecule has 6 heteroatoms. The molecule has 28 heavy (non-hydrogen) atoms. The summed E-state index contributed by atoms with van der Waals surface area (Å²) in [6, 6.07) is 4.86. The Labute approximate surface area is 172 Å². The molecule has 0 atom stereocenters. The Bertz CT molecular complexity index is 859. The number of likely N-dealkylation sites (tertiary alicyclic amines) is 1. The summed E-state index contributed by atoms with van der Waals surface area (Å²) in [7, 11) is 0. The van der Waals surface area contributed by atoms with Crippen molar-refractivity contribution in [2.24, 2.45) is 0 Å². The fraction of sp³-hybridized carbons (Fsp3) is 0.682. The smallest absolute Gasteiger partial charge is 0.326 e. The van der Waals surface area contributed by atoms with Gasteiger partial charge in [-0.15, -0.1) is 0 Å². The molecular formula is C22H32ClN3O2. The van der Waals surface area contributed by atoms with E-state index in [9.17, 15) is 4.79 Å². The van der Waals surface area contributed by atoms with Crippen LogP contribution in [-0.4, -0.2) is 46.3 Å². The lowest BCUT2D eigenvalue weighted by Gasteiger charge is -2.41. The molecule has 1 N–H and O–H groups in total. The number of nitrogens with zero attached hydrogens (tertiary/aromatic N) is 2. The fourth-order valence-corrected chi connectivity index (χ4v) is 5.15. The maximum Gasteiger partial charge on any atom is 0.326 e. The third-order valence-corrected chi connectivity index (χ3v) is 6.99. The molecule has 5 nitrogen and oxygen atoms in total. The van der Waals surface area contributed by atoms with Crippen LogP contribution in [0.2, 0.25) is 5.02 Å². The number of aromatic nitrogens is 2. The fourth-order valence-electron chi connectivity index (χ4n) is 4.98. The second kappa shape index (κ2) is 8.60. The summed E-state index contributed by atoms with van der Waals surface area (Å²) in [6.07, 6.45) is 8.48. The van der Waals surface area contributed by atoms with Crippen LogP contribution in [0.15, 0.2) is 16.9 Å². The normalized spacial score (nSPS) is 24.8. The van der Waals surface area contributed by atoms with E-state index in [2.05, 4.69) is 16.8 Å². The first-order chi connectivity index (χ1) is 13.6. The molecule has 0 bridgehead atoms. The molecule has 2 fully saturated rings. The Balaban J connectivity index is 1.39. The number of nitrogens with one attached hydrogen (secondary N) is 1. The van der Waals surface area contributed by atoms with Gasteiger partial charge in [0, 0.05) is 36.8 Å².